The molecule has 1 N–H and O–H groups in total. The van der Waals surface area contributed by atoms with Gasteiger partial charge < -0.3 is 5.32 Å². The highest BCUT2D eigenvalue weighted by Crippen LogP contribution is 2.21. The van der Waals surface area contributed by atoms with Crippen molar-refractivity contribution >= 4 is 33.2 Å². The van der Waals surface area contributed by atoms with Crippen LogP contribution in [0.1, 0.15) is 30.6 Å². The zero-order valence-electron chi connectivity index (χ0n) is 7.63. The van der Waals surface area contributed by atoms with Crippen molar-refractivity contribution in [3.63, 3.8) is 0 Å². The lowest BCUT2D eigenvalue weighted by atomic mass is 10.2. The van der Waals surface area contributed by atoms with E-state index < -0.39 is 0 Å². The normalized spacial score (nSPS) is 12.5. The van der Waals surface area contributed by atoms with Gasteiger partial charge in [0, 0.05) is 21.3 Å². The van der Waals surface area contributed by atoms with Gasteiger partial charge in [-0.05, 0) is 29.3 Å². The highest BCUT2D eigenvalue weighted by molar-refractivity contribution is 9.10. The fourth-order valence-electron chi connectivity index (χ4n) is 0.847. The van der Waals surface area contributed by atoms with Gasteiger partial charge in [0.1, 0.15) is 0 Å². The SMILES string of the molecule is CCC(C)NC(=O)c1cscc1Br. The molecule has 0 aliphatic heterocycles. The second-order valence-electron chi connectivity index (χ2n) is 2.92. The first-order valence-corrected chi connectivity index (χ1v) is 5.91. The van der Waals surface area contributed by atoms with E-state index in [4.69, 9.17) is 0 Å². The van der Waals surface area contributed by atoms with Gasteiger partial charge in [0.2, 0.25) is 0 Å². The van der Waals surface area contributed by atoms with Crippen molar-refractivity contribution < 1.29 is 4.79 Å². The maximum absolute atomic E-state index is 11.6. The molecule has 0 saturated heterocycles. The lowest BCUT2D eigenvalue weighted by molar-refractivity contribution is 0.0939. The van der Waals surface area contributed by atoms with Gasteiger partial charge in [-0.15, -0.1) is 0 Å². The third kappa shape index (κ3) is 2.81. The van der Waals surface area contributed by atoms with Gasteiger partial charge in [0.05, 0.1) is 5.56 Å². The van der Waals surface area contributed by atoms with Crippen molar-refractivity contribution in [2.24, 2.45) is 0 Å². The summed E-state index contributed by atoms with van der Waals surface area (Å²) < 4.78 is 0.873. The summed E-state index contributed by atoms with van der Waals surface area (Å²) in [6.45, 7) is 4.05. The number of carbonyl (C=O) groups excluding carboxylic acids is 1. The number of thiophene rings is 1. The summed E-state index contributed by atoms with van der Waals surface area (Å²) in [5, 5.41) is 6.67. The first-order valence-electron chi connectivity index (χ1n) is 4.17. The highest BCUT2D eigenvalue weighted by atomic mass is 79.9. The summed E-state index contributed by atoms with van der Waals surface area (Å²) in [6, 6.07) is 0.235. The largest absolute Gasteiger partial charge is 0.350 e. The van der Waals surface area contributed by atoms with Crippen LogP contribution in [0.15, 0.2) is 15.2 Å². The number of hydrogen-bond acceptors (Lipinski definition) is 2. The molecule has 1 aromatic rings. The molecule has 0 aliphatic rings. The number of amides is 1. The zero-order chi connectivity index (χ0) is 9.84. The van der Waals surface area contributed by atoms with Crippen LogP contribution in [0.3, 0.4) is 0 Å². The average molecular weight is 262 g/mol. The first kappa shape index (κ1) is 10.7. The van der Waals surface area contributed by atoms with Gasteiger partial charge in [-0.2, -0.15) is 11.3 Å². The summed E-state index contributed by atoms with van der Waals surface area (Å²) in [6.07, 6.45) is 0.952. The fraction of sp³-hybridized carbons (Fsp3) is 0.444. The van der Waals surface area contributed by atoms with E-state index >= 15 is 0 Å². The number of hydrogen-bond donors (Lipinski definition) is 1. The van der Waals surface area contributed by atoms with Crippen molar-refractivity contribution in [1.82, 2.24) is 5.32 Å². The van der Waals surface area contributed by atoms with E-state index in [0.29, 0.717) is 0 Å². The Morgan fingerprint density at radius 1 is 1.69 bits per heavy atom. The molecule has 13 heavy (non-hydrogen) atoms. The van der Waals surface area contributed by atoms with Crippen molar-refractivity contribution in [3.8, 4) is 0 Å². The monoisotopic (exact) mass is 261 g/mol. The highest BCUT2D eigenvalue weighted by Gasteiger charge is 2.11. The Balaban J connectivity index is 2.64. The maximum atomic E-state index is 11.6. The minimum absolute atomic E-state index is 0.00229. The molecule has 2 nitrogen and oxygen atoms in total. The summed E-state index contributed by atoms with van der Waals surface area (Å²) in [5.41, 5.74) is 0.727. The van der Waals surface area contributed by atoms with Crippen LogP contribution >= 0.6 is 27.3 Å². The predicted octanol–water partition coefficient (Wildman–Crippen LogP) is 3.04. The molecule has 1 unspecified atom stereocenters. The Kier molecular flexibility index (Phi) is 3.93. The van der Waals surface area contributed by atoms with Gasteiger partial charge in [-0.25, -0.2) is 0 Å². The average Bonchev–Trinajstić information content (AvgIpc) is 2.51. The molecule has 0 spiro atoms. The van der Waals surface area contributed by atoms with E-state index in [-0.39, 0.29) is 11.9 Å². The van der Waals surface area contributed by atoms with Crippen LogP contribution < -0.4 is 5.32 Å². The molecular formula is C9H12BrNOS. The minimum Gasteiger partial charge on any atom is -0.350 e. The van der Waals surface area contributed by atoms with Gasteiger partial charge in [-0.3, -0.25) is 4.79 Å². The van der Waals surface area contributed by atoms with Gasteiger partial charge >= 0.3 is 0 Å². The molecule has 0 radical (unpaired) electrons. The molecule has 0 fully saturated rings. The van der Waals surface area contributed by atoms with Crippen LogP contribution in [-0.2, 0) is 0 Å². The van der Waals surface area contributed by atoms with E-state index in [1.54, 1.807) is 0 Å². The van der Waals surface area contributed by atoms with Crippen molar-refractivity contribution in [3.05, 3.63) is 20.8 Å². The molecule has 1 aromatic heterocycles. The number of nitrogens with one attached hydrogen (secondary N) is 1. The second-order valence-corrected chi connectivity index (χ2v) is 4.51. The van der Waals surface area contributed by atoms with Gasteiger partial charge in [-0.1, -0.05) is 6.92 Å². The standard InChI is InChI=1S/C9H12BrNOS/c1-3-6(2)11-9(12)7-4-13-5-8(7)10/h4-6H,3H2,1-2H3,(H,11,12). The number of rotatable bonds is 3. The Morgan fingerprint density at radius 3 is 2.85 bits per heavy atom. The van der Waals surface area contributed by atoms with Gasteiger partial charge in [0.25, 0.3) is 5.91 Å². The topological polar surface area (TPSA) is 29.1 Å². The predicted molar refractivity (Wildman–Crippen MR) is 59.2 cm³/mol. The second kappa shape index (κ2) is 4.77. The van der Waals surface area contributed by atoms with Crippen molar-refractivity contribution in [2.45, 2.75) is 26.3 Å². The Hall–Kier alpha value is -0.350. The number of carbonyl (C=O) groups is 1. The molecule has 1 atom stereocenters. The lowest BCUT2D eigenvalue weighted by Gasteiger charge is -2.10. The molecule has 4 heteroatoms. The van der Waals surface area contributed by atoms with E-state index in [0.717, 1.165) is 16.5 Å². The summed E-state index contributed by atoms with van der Waals surface area (Å²) in [4.78, 5) is 11.6. The third-order valence-corrected chi connectivity index (χ3v) is 3.55. The van der Waals surface area contributed by atoms with Crippen LogP contribution in [0, 0.1) is 0 Å². The smallest absolute Gasteiger partial charge is 0.253 e. The molecule has 72 valence electrons. The van der Waals surface area contributed by atoms with Crippen LogP contribution in [0.5, 0.6) is 0 Å². The first-order chi connectivity index (χ1) is 6.15. The zero-order valence-corrected chi connectivity index (χ0v) is 10.0. The molecule has 1 rings (SSSR count). The fourth-order valence-corrected chi connectivity index (χ4v) is 2.30. The van der Waals surface area contributed by atoms with Gasteiger partial charge in [0.15, 0.2) is 0 Å². The van der Waals surface area contributed by atoms with Crippen molar-refractivity contribution in [2.75, 3.05) is 0 Å². The molecule has 0 saturated carbocycles. The Morgan fingerprint density at radius 2 is 2.38 bits per heavy atom. The van der Waals surface area contributed by atoms with Crippen LogP contribution in [0.2, 0.25) is 0 Å². The quantitative estimate of drug-likeness (QED) is 0.891. The van der Waals surface area contributed by atoms with Crippen LogP contribution in [-0.4, -0.2) is 11.9 Å². The summed E-state index contributed by atoms with van der Waals surface area (Å²) >= 11 is 4.85. The maximum Gasteiger partial charge on any atom is 0.253 e. The van der Waals surface area contributed by atoms with Crippen molar-refractivity contribution in [1.29, 1.82) is 0 Å². The Labute approximate surface area is 90.5 Å². The molecule has 0 bridgehead atoms. The van der Waals surface area contributed by atoms with E-state index in [9.17, 15) is 4.79 Å². The molecule has 1 heterocycles. The summed E-state index contributed by atoms with van der Waals surface area (Å²) in [5.74, 6) is 0.00229. The molecule has 0 aliphatic carbocycles. The molecule has 0 aromatic carbocycles. The van der Waals surface area contributed by atoms with E-state index in [1.165, 1.54) is 11.3 Å². The lowest BCUT2D eigenvalue weighted by Crippen LogP contribution is -2.31. The van der Waals surface area contributed by atoms with Crippen LogP contribution in [0.25, 0.3) is 0 Å². The van der Waals surface area contributed by atoms with E-state index in [2.05, 4.69) is 21.2 Å². The molecular weight excluding hydrogens is 250 g/mol. The van der Waals surface area contributed by atoms with Crippen LogP contribution in [0.4, 0.5) is 0 Å². The minimum atomic E-state index is 0.00229. The molecule has 1 amide bonds. The van der Waals surface area contributed by atoms with E-state index in [1.807, 2.05) is 24.6 Å². The number of halogens is 1. The third-order valence-electron chi connectivity index (χ3n) is 1.85. The summed E-state index contributed by atoms with van der Waals surface area (Å²) in [7, 11) is 0. The Bertz CT molecular complexity index is 298.